The smallest absolute Gasteiger partial charge is 0.200 e. The third-order valence-electron chi connectivity index (χ3n) is 5.61. The minimum atomic E-state index is -2.47. The van der Waals surface area contributed by atoms with Gasteiger partial charge in [0.15, 0.2) is 23.3 Å². The number of hydrogen-bond acceptors (Lipinski definition) is 2. The highest BCUT2D eigenvalue weighted by Crippen LogP contribution is 2.22. The third-order valence-corrected chi connectivity index (χ3v) is 5.61. The zero-order valence-electron chi connectivity index (χ0n) is 17.8. The second-order valence-electron chi connectivity index (χ2n) is 8.20. The predicted molar refractivity (Wildman–Crippen MR) is 103 cm³/mol. The zero-order chi connectivity index (χ0) is 22.7. The molecule has 30 heavy (non-hydrogen) atoms. The number of benzene rings is 1. The van der Waals surface area contributed by atoms with Crippen LogP contribution in [0.15, 0.2) is 0 Å². The summed E-state index contributed by atoms with van der Waals surface area (Å²) in [6.07, 6.45) is 14.6. The number of unbranched alkanes of at least 4 members (excludes halogenated alkanes) is 7. The van der Waals surface area contributed by atoms with Gasteiger partial charge in [-0.3, -0.25) is 0 Å². The van der Waals surface area contributed by atoms with Crippen molar-refractivity contribution in [1.29, 1.82) is 0 Å². The minimum absolute atomic E-state index is 1.37. The second-order valence-corrected chi connectivity index (χ2v) is 8.20. The first-order chi connectivity index (χ1) is 14.1. The van der Waals surface area contributed by atoms with Crippen LogP contribution in [-0.2, 0) is 0 Å². The van der Waals surface area contributed by atoms with Crippen LogP contribution in [0.5, 0.6) is 0 Å². The molecule has 0 radical (unpaired) electrons. The largest absolute Gasteiger partial charge is 0.545 e. The molecule has 8 heteroatoms. The molecule has 2 rings (SSSR count). The summed E-state index contributed by atoms with van der Waals surface area (Å²) in [6, 6.07) is 0. The molecule has 0 atom stereocenters. The van der Waals surface area contributed by atoms with Crippen molar-refractivity contribution in [2.75, 3.05) is 26.7 Å². The fourth-order valence-electron chi connectivity index (χ4n) is 3.73. The first kappa shape index (κ1) is 26.3. The van der Waals surface area contributed by atoms with Gasteiger partial charge >= 0.3 is 0 Å². The van der Waals surface area contributed by atoms with E-state index in [1.54, 1.807) is 0 Å². The number of hydrogen-bond donors (Lipinski definition) is 0. The molecule has 0 spiro atoms. The topological polar surface area (TPSA) is 40.1 Å². The SMILES string of the molecule is CCCCCCCCCC[N+]1(C)CCCC1.O=C([O-])c1c(F)c(F)c(F)c(F)c1F. The van der Waals surface area contributed by atoms with Crippen LogP contribution in [0.4, 0.5) is 22.0 Å². The van der Waals surface area contributed by atoms with Gasteiger partial charge in [0.1, 0.15) is 0 Å². The summed E-state index contributed by atoms with van der Waals surface area (Å²) < 4.78 is 63.3. The van der Waals surface area contributed by atoms with Gasteiger partial charge in [-0.05, 0) is 12.8 Å². The standard InChI is InChI=1S/C15H32N.C7HF5O2/c1-3-4-5-6-7-8-9-10-13-16(2)14-11-12-15-16;8-2-1(7(13)14)3(9)5(11)6(12)4(2)10/h3-15H2,1-2H3;(H,13,14)/q+1;/p-1. The van der Waals surface area contributed by atoms with Crippen LogP contribution in [0.2, 0.25) is 0 Å². The lowest BCUT2D eigenvalue weighted by atomic mass is 10.1. The number of quaternary nitrogens is 1. The molecular weight excluding hydrogens is 405 g/mol. The van der Waals surface area contributed by atoms with Crippen molar-refractivity contribution in [3.8, 4) is 0 Å². The summed E-state index contributed by atoms with van der Waals surface area (Å²) in [5.41, 5.74) is -1.97. The lowest BCUT2D eigenvalue weighted by Gasteiger charge is -2.29. The molecule has 1 aliphatic heterocycles. The Labute approximate surface area is 175 Å². The van der Waals surface area contributed by atoms with E-state index in [-0.39, 0.29) is 0 Å². The summed E-state index contributed by atoms with van der Waals surface area (Å²) in [5.74, 6) is -14.4. The molecule has 3 nitrogen and oxygen atoms in total. The van der Waals surface area contributed by atoms with Crippen LogP contribution in [0.1, 0.15) is 81.5 Å². The lowest BCUT2D eigenvalue weighted by Crippen LogP contribution is -2.41. The number of halogens is 5. The van der Waals surface area contributed by atoms with E-state index in [0.717, 1.165) is 0 Å². The zero-order valence-corrected chi connectivity index (χ0v) is 17.8. The Morgan fingerprint density at radius 2 is 1.17 bits per heavy atom. The quantitative estimate of drug-likeness (QED) is 0.168. The molecule has 1 fully saturated rings. The van der Waals surface area contributed by atoms with Crippen molar-refractivity contribution in [3.63, 3.8) is 0 Å². The van der Waals surface area contributed by atoms with Crippen molar-refractivity contribution in [1.82, 2.24) is 0 Å². The molecule has 172 valence electrons. The number of nitrogens with zero attached hydrogens (tertiary/aromatic N) is 1. The van der Waals surface area contributed by atoms with Crippen molar-refractivity contribution < 1.29 is 36.3 Å². The number of rotatable bonds is 10. The fourth-order valence-corrected chi connectivity index (χ4v) is 3.73. The first-order valence-corrected chi connectivity index (χ1v) is 10.7. The summed E-state index contributed by atoms with van der Waals surface area (Å²) in [7, 11) is 2.45. The van der Waals surface area contributed by atoms with E-state index >= 15 is 0 Å². The molecule has 1 saturated heterocycles. The first-order valence-electron chi connectivity index (χ1n) is 10.7. The molecule has 0 aliphatic carbocycles. The van der Waals surface area contributed by atoms with E-state index in [1.165, 1.54) is 88.3 Å². The highest BCUT2D eigenvalue weighted by molar-refractivity contribution is 5.86. The Hall–Kier alpha value is -1.70. The Morgan fingerprint density at radius 3 is 1.60 bits per heavy atom. The maximum absolute atomic E-state index is 12.5. The van der Waals surface area contributed by atoms with Gasteiger partial charge in [-0.25, -0.2) is 22.0 Å². The Kier molecular flexibility index (Phi) is 11.3. The van der Waals surface area contributed by atoms with E-state index in [1.807, 2.05) is 0 Å². The van der Waals surface area contributed by atoms with E-state index in [9.17, 15) is 31.9 Å². The molecule has 1 heterocycles. The predicted octanol–water partition coefficient (Wildman–Crippen LogP) is 5.11. The average Bonchev–Trinajstić information content (AvgIpc) is 3.14. The summed E-state index contributed by atoms with van der Waals surface area (Å²) in [6.45, 7) is 6.61. The van der Waals surface area contributed by atoms with Crippen molar-refractivity contribution in [3.05, 3.63) is 34.6 Å². The van der Waals surface area contributed by atoms with Crippen molar-refractivity contribution in [2.45, 2.75) is 71.1 Å². The average molecular weight is 437 g/mol. The van der Waals surface area contributed by atoms with Crippen LogP contribution in [0.25, 0.3) is 0 Å². The van der Waals surface area contributed by atoms with Gasteiger partial charge in [0.25, 0.3) is 0 Å². The number of aromatic carboxylic acids is 1. The number of carboxylic acid groups (broad SMARTS) is 1. The van der Waals surface area contributed by atoms with Gasteiger partial charge in [0.2, 0.25) is 5.82 Å². The highest BCUT2D eigenvalue weighted by atomic mass is 19.2. The molecule has 0 aromatic heterocycles. The van der Waals surface area contributed by atoms with E-state index in [2.05, 4.69) is 14.0 Å². The molecule has 0 amide bonds. The van der Waals surface area contributed by atoms with Crippen LogP contribution in [0.3, 0.4) is 0 Å². The monoisotopic (exact) mass is 437 g/mol. The summed E-state index contributed by atoms with van der Waals surface area (Å²) in [4.78, 5) is 10.0. The van der Waals surface area contributed by atoms with E-state index < -0.39 is 40.6 Å². The van der Waals surface area contributed by atoms with Gasteiger partial charge < -0.3 is 14.4 Å². The van der Waals surface area contributed by atoms with Gasteiger partial charge in [-0.2, -0.15) is 0 Å². The maximum Gasteiger partial charge on any atom is 0.200 e. The number of carboxylic acids is 1. The van der Waals surface area contributed by atoms with E-state index in [4.69, 9.17) is 0 Å². The van der Waals surface area contributed by atoms with Crippen molar-refractivity contribution >= 4 is 5.97 Å². The third kappa shape index (κ3) is 7.85. The minimum Gasteiger partial charge on any atom is -0.545 e. The number of carbonyl (C=O) groups excluding carboxylic acids is 1. The van der Waals surface area contributed by atoms with Gasteiger partial charge in [0.05, 0.1) is 38.2 Å². The highest BCUT2D eigenvalue weighted by Gasteiger charge is 2.26. The van der Waals surface area contributed by atoms with Crippen LogP contribution in [-0.4, -0.2) is 37.1 Å². The lowest BCUT2D eigenvalue weighted by molar-refractivity contribution is -0.897. The summed E-state index contributed by atoms with van der Waals surface area (Å²) in [5, 5.41) is 10.0. The molecule has 1 aromatic rings. The second kappa shape index (κ2) is 12.9. The van der Waals surface area contributed by atoms with Crippen LogP contribution in [0, 0.1) is 29.1 Å². The molecule has 1 aliphatic rings. The Bertz CT molecular complexity index is 662. The number of carbonyl (C=O) groups is 1. The Balaban J connectivity index is 0.000000303. The van der Waals surface area contributed by atoms with Crippen LogP contribution < -0.4 is 5.11 Å². The number of likely N-dealkylation sites (tertiary alicyclic amines) is 1. The molecule has 1 aromatic carbocycles. The Morgan fingerprint density at radius 1 is 0.767 bits per heavy atom. The molecule has 0 saturated carbocycles. The van der Waals surface area contributed by atoms with E-state index in [0.29, 0.717) is 0 Å². The maximum atomic E-state index is 12.5. The molecule has 0 unspecified atom stereocenters. The van der Waals surface area contributed by atoms with Gasteiger partial charge in [-0.15, -0.1) is 0 Å². The molecule has 0 N–H and O–H groups in total. The van der Waals surface area contributed by atoms with Gasteiger partial charge in [-0.1, -0.05) is 45.4 Å². The van der Waals surface area contributed by atoms with Gasteiger partial charge in [0, 0.05) is 12.8 Å². The molecular formula is C22H32F5NO2. The molecule has 0 bridgehead atoms. The normalized spacial score (nSPS) is 15.0. The van der Waals surface area contributed by atoms with Crippen molar-refractivity contribution in [2.24, 2.45) is 0 Å². The van der Waals surface area contributed by atoms with Crippen LogP contribution >= 0.6 is 0 Å². The fraction of sp³-hybridized carbons (Fsp3) is 0.682. The summed E-state index contributed by atoms with van der Waals surface area (Å²) >= 11 is 0.